The van der Waals surface area contributed by atoms with Crippen LogP contribution < -0.4 is 14.2 Å². The van der Waals surface area contributed by atoms with Crippen molar-refractivity contribution in [1.82, 2.24) is 24.5 Å². The van der Waals surface area contributed by atoms with Crippen LogP contribution in [0.1, 0.15) is 5.56 Å². The van der Waals surface area contributed by atoms with E-state index >= 15 is 0 Å². The number of rotatable bonds is 8. The van der Waals surface area contributed by atoms with E-state index < -0.39 is 15.8 Å². The van der Waals surface area contributed by atoms with E-state index in [4.69, 9.17) is 9.47 Å². The lowest BCUT2D eigenvalue weighted by molar-refractivity contribution is 0.306. The number of halogens is 1. The molecule has 0 aliphatic rings. The largest absolute Gasteiger partial charge is 0.497 e. The monoisotopic (exact) mass is 457 g/mol. The summed E-state index contributed by atoms with van der Waals surface area (Å²) in [5, 5.41) is 12.7. The number of sulfonamides is 1. The third-order valence-corrected chi connectivity index (χ3v) is 6.13. The van der Waals surface area contributed by atoms with Crippen LogP contribution in [-0.2, 0) is 10.0 Å². The van der Waals surface area contributed by atoms with Gasteiger partial charge in [0.1, 0.15) is 18.2 Å². The molecule has 0 aliphatic carbocycles. The molecule has 9 nitrogen and oxygen atoms in total. The Bertz CT molecular complexity index is 1360. The lowest BCUT2D eigenvalue weighted by Gasteiger charge is -2.09. The summed E-state index contributed by atoms with van der Waals surface area (Å²) < 4.78 is 52.8. The number of fused-ring (bicyclic) bond motifs is 1. The second-order valence-corrected chi connectivity index (χ2v) is 8.62. The minimum Gasteiger partial charge on any atom is -0.497 e. The molecule has 0 amide bonds. The summed E-state index contributed by atoms with van der Waals surface area (Å²) in [6.07, 6.45) is 0. The number of aromatic nitrogens is 4. The van der Waals surface area contributed by atoms with Crippen LogP contribution >= 0.6 is 0 Å². The third kappa shape index (κ3) is 4.53. The van der Waals surface area contributed by atoms with Crippen LogP contribution in [0.3, 0.4) is 0 Å². The van der Waals surface area contributed by atoms with Crippen LogP contribution in [0.15, 0.2) is 59.5 Å². The molecule has 1 N–H and O–H groups in total. The van der Waals surface area contributed by atoms with Gasteiger partial charge >= 0.3 is 0 Å². The van der Waals surface area contributed by atoms with Crippen LogP contribution in [0.2, 0.25) is 0 Å². The zero-order valence-electron chi connectivity index (χ0n) is 17.3. The van der Waals surface area contributed by atoms with Gasteiger partial charge in [-0.3, -0.25) is 0 Å². The fourth-order valence-electron chi connectivity index (χ4n) is 2.97. The van der Waals surface area contributed by atoms with Gasteiger partial charge in [-0.15, -0.1) is 15.3 Å². The van der Waals surface area contributed by atoms with Crippen molar-refractivity contribution in [3.8, 4) is 23.0 Å². The first-order chi connectivity index (χ1) is 15.4. The molecule has 0 bridgehead atoms. The van der Waals surface area contributed by atoms with Crippen molar-refractivity contribution in [3.63, 3.8) is 0 Å². The van der Waals surface area contributed by atoms with Crippen molar-refractivity contribution in [3.05, 3.63) is 66.0 Å². The van der Waals surface area contributed by atoms with Gasteiger partial charge in [-0.25, -0.2) is 17.5 Å². The molecule has 32 heavy (non-hydrogen) atoms. The Morgan fingerprint density at radius 2 is 1.84 bits per heavy atom. The van der Waals surface area contributed by atoms with Crippen LogP contribution in [0.25, 0.3) is 17.0 Å². The number of ether oxygens (including phenoxy) is 2. The molecule has 2 aromatic heterocycles. The molecule has 0 aliphatic heterocycles. The Morgan fingerprint density at radius 3 is 2.56 bits per heavy atom. The fraction of sp³-hybridized carbons (Fsp3) is 0.190. The smallest absolute Gasteiger partial charge is 0.240 e. The van der Waals surface area contributed by atoms with Crippen LogP contribution in [0.4, 0.5) is 4.39 Å². The average Bonchev–Trinajstić information content (AvgIpc) is 3.22. The normalized spacial score (nSPS) is 11.6. The van der Waals surface area contributed by atoms with Gasteiger partial charge in [0.15, 0.2) is 11.5 Å². The highest BCUT2D eigenvalue weighted by molar-refractivity contribution is 7.89. The van der Waals surface area contributed by atoms with E-state index in [0.29, 0.717) is 11.5 Å². The second kappa shape index (κ2) is 8.89. The summed E-state index contributed by atoms with van der Waals surface area (Å²) >= 11 is 0. The van der Waals surface area contributed by atoms with Crippen LogP contribution in [0, 0.1) is 12.7 Å². The van der Waals surface area contributed by atoms with Gasteiger partial charge < -0.3 is 9.47 Å². The highest BCUT2D eigenvalue weighted by Crippen LogP contribution is 2.22. The molecular formula is C21H20FN5O4S. The molecule has 0 saturated heterocycles. The number of methoxy groups -OCH3 is 1. The molecule has 0 saturated carbocycles. The lowest BCUT2D eigenvalue weighted by Crippen LogP contribution is -2.28. The van der Waals surface area contributed by atoms with E-state index in [1.807, 2.05) is 24.3 Å². The van der Waals surface area contributed by atoms with Gasteiger partial charge in [0.2, 0.25) is 15.9 Å². The van der Waals surface area contributed by atoms with Crippen molar-refractivity contribution < 1.29 is 22.3 Å². The summed E-state index contributed by atoms with van der Waals surface area (Å²) in [6.45, 7) is 1.55. The molecule has 0 fully saturated rings. The molecule has 0 spiro atoms. The molecule has 166 valence electrons. The van der Waals surface area contributed by atoms with E-state index in [2.05, 4.69) is 20.0 Å². The topological polar surface area (TPSA) is 108 Å². The zero-order valence-corrected chi connectivity index (χ0v) is 18.1. The minimum atomic E-state index is -3.78. The van der Waals surface area contributed by atoms with Crippen molar-refractivity contribution in [2.75, 3.05) is 20.3 Å². The van der Waals surface area contributed by atoms with Crippen LogP contribution in [0.5, 0.6) is 11.6 Å². The number of aryl methyl sites for hydroxylation is 1. The molecule has 0 radical (unpaired) electrons. The van der Waals surface area contributed by atoms with Crippen molar-refractivity contribution in [2.45, 2.75) is 11.8 Å². The zero-order chi connectivity index (χ0) is 22.7. The van der Waals surface area contributed by atoms with E-state index in [9.17, 15) is 12.8 Å². The summed E-state index contributed by atoms with van der Waals surface area (Å²) in [5.74, 6) is 1.07. The molecule has 2 aromatic carbocycles. The third-order valence-electron chi connectivity index (χ3n) is 4.67. The summed E-state index contributed by atoms with van der Waals surface area (Å²) in [6, 6.07) is 14.3. The maximum absolute atomic E-state index is 13.4. The van der Waals surface area contributed by atoms with E-state index in [-0.39, 0.29) is 29.5 Å². The molecule has 4 aromatic rings. The SMILES string of the molecule is COc1ccc(-c2nnc3ccc(OCCNS(=O)(=O)c4ccc(F)c(C)c4)nn23)cc1. The number of nitrogens with one attached hydrogen (secondary N) is 1. The molecule has 2 heterocycles. The predicted molar refractivity (Wildman–Crippen MR) is 115 cm³/mol. The Labute approximate surface area is 183 Å². The van der Waals surface area contributed by atoms with Crippen molar-refractivity contribution in [1.29, 1.82) is 0 Å². The van der Waals surface area contributed by atoms with Crippen molar-refractivity contribution >= 4 is 15.7 Å². The Kier molecular flexibility index (Phi) is 6.01. The van der Waals surface area contributed by atoms with Crippen molar-refractivity contribution in [2.24, 2.45) is 0 Å². The Morgan fingerprint density at radius 1 is 1.06 bits per heavy atom. The van der Waals surface area contributed by atoms with Gasteiger partial charge in [-0.2, -0.15) is 4.52 Å². The van der Waals surface area contributed by atoms with E-state index in [0.717, 1.165) is 17.4 Å². The minimum absolute atomic E-state index is 0.00594. The van der Waals surface area contributed by atoms with E-state index in [1.54, 1.807) is 23.8 Å². The quantitative estimate of drug-likeness (QED) is 0.405. The maximum atomic E-state index is 13.4. The van der Waals surface area contributed by atoms with Gasteiger partial charge in [-0.1, -0.05) is 0 Å². The summed E-state index contributed by atoms with van der Waals surface area (Å²) in [7, 11) is -2.19. The summed E-state index contributed by atoms with van der Waals surface area (Å²) in [4.78, 5) is -0.00966. The number of hydrogen-bond donors (Lipinski definition) is 1. The number of hydrogen-bond acceptors (Lipinski definition) is 7. The molecule has 0 unspecified atom stereocenters. The Hall–Kier alpha value is -3.57. The highest BCUT2D eigenvalue weighted by atomic mass is 32.2. The molecule has 4 rings (SSSR count). The average molecular weight is 457 g/mol. The van der Waals surface area contributed by atoms with Gasteiger partial charge in [-0.05, 0) is 61.0 Å². The predicted octanol–water partition coefficient (Wildman–Crippen LogP) is 2.60. The van der Waals surface area contributed by atoms with E-state index in [1.165, 1.54) is 19.1 Å². The van der Waals surface area contributed by atoms with Gasteiger partial charge in [0.25, 0.3) is 0 Å². The lowest BCUT2D eigenvalue weighted by atomic mass is 10.2. The molecular weight excluding hydrogens is 437 g/mol. The Balaban J connectivity index is 1.42. The molecule has 11 heteroatoms. The number of benzene rings is 2. The maximum Gasteiger partial charge on any atom is 0.240 e. The first-order valence-corrected chi connectivity index (χ1v) is 11.1. The summed E-state index contributed by atoms with van der Waals surface area (Å²) in [5.41, 5.74) is 1.59. The van der Waals surface area contributed by atoms with Crippen LogP contribution in [-0.4, -0.2) is 48.5 Å². The molecule has 0 atom stereocenters. The number of nitrogens with zero attached hydrogens (tertiary/aromatic N) is 4. The highest BCUT2D eigenvalue weighted by Gasteiger charge is 2.15. The standard InChI is InChI=1S/C21H20FN5O4S/c1-14-13-17(7-8-18(14)22)32(28,29)23-11-12-31-20-10-9-19-24-25-21(27(19)26-20)15-3-5-16(30-2)6-4-15/h3-10,13,23H,11-12H2,1-2H3. The van der Waals surface area contributed by atoms with Gasteiger partial charge in [0, 0.05) is 18.2 Å². The first kappa shape index (κ1) is 21.7. The second-order valence-electron chi connectivity index (χ2n) is 6.85. The first-order valence-electron chi connectivity index (χ1n) is 9.63. The van der Waals surface area contributed by atoms with Gasteiger partial charge in [0.05, 0.1) is 12.0 Å². The fourth-order valence-corrected chi connectivity index (χ4v) is 4.07.